The first kappa shape index (κ1) is 21.6. The maximum absolute atomic E-state index is 5.13. The number of hydrogen-bond donors (Lipinski definition) is 0. The van der Waals surface area contributed by atoms with Crippen molar-refractivity contribution >= 4 is 25.3 Å². The van der Waals surface area contributed by atoms with E-state index in [1.165, 1.54) is 23.7 Å². The Morgan fingerprint density at radius 2 is 1.15 bits per heavy atom. The van der Waals surface area contributed by atoms with Crippen LogP contribution < -0.4 is 0 Å². The van der Waals surface area contributed by atoms with E-state index < -0.39 is 29.1 Å². The van der Waals surface area contributed by atoms with Gasteiger partial charge >= 0.3 is 37.9 Å². The maximum atomic E-state index is 5.13. The molecule has 1 rings (SSSR count). The van der Waals surface area contributed by atoms with Gasteiger partial charge in [-0.3, -0.25) is 0 Å². The van der Waals surface area contributed by atoms with Gasteiger partial charge in [-0.25, -0.2) is 0 Å². The van der Waals surface area contributed by atoms with E-state index in [1.807, 2.05) is 0 Å². The second-order valence-corrected chi connectivity index (χ2v) is 14.4. The second kappa shape index (κ2) is 8.48. The SMILES string of the molecule is C[C]1[C](C)[C](C)[C]([Si](C)(C)[N-]C(C)(C)C)[C]1C.[Cl][Zr][Cl]. The van der Waals surface area contributed by atoms with E-state index in [0.29, 0.717) is 0 Å². The van der Waals surface area contributed by atoms with E-state index in [0.717, 1.165) is 0 Å². The van der Waals surface area contributed by atoms with Crippen molar-refractivity contribution in [1.29, 1.82) is 0 Å². The fraction of sp³-hybridized carbons (Fsp3) is 0.667. The van der Waals surface area contributed by atoms with Crippen LogP contribution in [0.15, 0.2) is 0 Å². The first-order valence-corrected chi connectivity index (χ1v) is 16.1. The van der Waals surface area contributed by atoms with Gasteiger partial charge in [0.25, 0.3) is 0 Å². The molecule has 0 unspecified atom stereocenters. The zero-order valence-electron chi connectivity index (χ0n) is 14.2. The van der Waals surface area contributed by atoms with Crippen LogP contribution >= 0.6 is 17.0 Å². The van der Waals surface area contributed by atoms with Crippen LogP contribution in [0.25, 0.3) is 4.98 Å². The van der Waals surface area contributed by atoms with Crippen LogP contribution in [0.1, 0.15) is 48.5 Å². The van der Waals surface area contributed by atoms with Crippen LogP contribution in [0.2, 0.25) is 13.1 Å². The number of halogens is 2. The summed E-state index contributed by atoms with van der Waals surface area (Å²) in [7, 11) is 8.18. The molecule has 0 aromatic rings. The van der Waals surface area contributed by atoms with Crippen molar-refractivity contribution in [3.05, 3.63) is 34.2 Å². The average Bonchev–Trinajstić information content (AvgIpc) is 2.41. The molecule has 0 amide bonds. The summed E-state index contributed by atoms with van der Waals surface area (Å²) in [5.74, 6) is 5.87. The Morgan fingerprint density at radius 1 is 0.850 bits per heavy atom. The Morgan fingerprint density at radius 3 is 1.40 bits per heavy atom. The molecule has 5 heteroatoms. The van der Waals surface area contributed by atoms with Crippen LogP contribution in [0.3, 0.4) is 0 Å². The number of hydrogen-bond acceptors (Lipinski definition) is 0. The molecule has 1 saturated carbocycles. The normalized spacial score (nSPS) is 20.9. The molecule has 0 saturated heterocycles. The Labute approximate surface area is 146 Å². The van der Waals surface area contributed by atoms with Gasteiger partial charge in [0.1, 0.15) is 0 Å². The monoisotopic (exact) mass is 409 g/mol. The minimum absolute atomic E-state index is 0.0632. The Kier molecular flexibility index (Phi) is 9.18. The molecule has 0 bridgehead atoms. The van der Waals surface area contributed by atoms with Gasteiger partial charge in [-0.15, -0.1) is 5.54 Å². The average molecular weight is 412 g/mol. The second-order valence-electron chi connectivity index (χ2n) is 6.79. The van der Waals surface area contributed by atoms with Gasteiger partial charge in [0, 0.05) is 0 Å². The molecule has 0 spiro atoms. The topological polar surface area (TPSA) is 14.1 Å². The van der Waals surface area contributed by atoms with E-state index in [-0.39, 0.29) is 5.54 Å². The van der Waals surface area contributed by atoms with Crippen LogP contribution in [0.5, 0.6) is 0 Å². The summed E-state index contributed by atoms with van der Waals surface area (Å²) in [6, 6.07) is 0. The van der Waals surface area contributed by atoms with Crippen molar-refractivity contribution in [1.82, 2.24) is 0 Å². The first-order chi connectivity index (χ1) is 8.89. The van der Waals surface area contributed by atoms with Crippen molar-refractivity contribution in [2.24, 2.45) is 0 Å². The van der Waals surface area contributed by atoms with Gasteiger partial charge in [-0.05, 0) is 29.2 Å². The van der Waals surface area contributed by atoms with Crippen molar-refractivity contribution in [2.75, 3.05) is 0 Å². The molecule has 1 aliphatic rings. The first-order valence-electron chi connectivity index (χ1n) is 6.83. The van der Waals surface area contributed by atoms with E-state index in [4.69, 9.17) is 22.0 Å². The van der Waals surface area contributed by atoms with Crippen LogP contribution in [-0.4, -0.2) is 13.8 Å². The fourth-order valence-electron chi connectivity index (χ4n) is 3.03. The zero-order chi connectivity index (χ0) is 16.3. The quantitative estimate of drug-likeness (QED) is 0.477. The third kappa shape index (κ3) is 6.03. The summed E-state index contributed by atoms with van der Waals surface area (Å²) in [4.78, 5) is 5.13. The van der Waals surface area contributed by atoms with Crippen molar-refractivity contribution < 1.29 is 20.8 Å². The van der Waals surface area contributed by atoms with Crippen molar-refractivity contribution in [3.63, 3.8) is 0 Å². The molecule has 0 aromatic carbocycles. The molecule has 115 valence electrons. The Balaban J connectivity index is 0.00000110. The van der Waals surface area contributed by atoms with Crippen molar-refractivity contribution in [2.45, 2.75) is 67.1 Å². The van der Waals surface area contributed by atoms with Gasteiger partial charge in [0.15, 0.2) is 0 Å². The molecule has 0 aliphatic heterocycles. The molecule has 0 N–H and O–H groups in total. The Hall–Kier alpha value is 1.64. The molecule has 1 nitrogen and oxygen atoms in total. The summed E-state index contributed by atoms with van der Waals surface area (Å²) < 4.78 is 0. The summed E-state index contributed by atoms with van der Waals surface area (Å²) in [5, 5.41) is 0. The summed E-state index contributed by atoms with van der Waals surface area (Å²) >= 11 is -0.826. The van der Waals surface area contributed by atoms with Gasteiger partial charge in [-0.1, -0.05) is 69.8 Å². The summed E-state index contributed by atoms with van der Waals surface area (Å²) in [6.45, 7) is 20.3. The molecule has 0 heterocycles. The van der Waals surface area contributed by atoms with Crippen LogP contribution in [0.4, 0.5) is 0 Å². The van der Waals surface area contributed by atoms with Gasteiger partial charge in [0.05, 0.1) is 0 Å². The van der Waals surface area contributed by atoms with Crippen molar-refractivity contribution in [3.8, 4) is 0 Å². The minimum atomic E-state index is -1.69. The zero-order valence-corrected chi connectivity index (χ0v) is 19.2. The van der Waals surface area contributed by atoms with Gasteiger partial charge in [0.2, 0.25) is 0 Å². The third-order valence-electron chi connectivity index (χ3n) is 3.66. The predicted octanol–water partition coefficient (Wildman–Crippen LogP) is 6.25. The summed E-state index contributed by atoms with van der Waals surface area (Å²) in [6.07, 6.45) is 0. The summed E-state index contributed by atoms with van der Waals surface area (Å²) in [5.41, 5.74) is 1.62. The predicted molar refractivity (Wildman–Crippen MR) is 91.2 cm³/mol. The molecular weight excluding hydrogens is 384 g/mol. The molecule has 0 atom stereocenters. The fourth-order valence-corrected chi connectivity index (χ4v) is 7.03. The molecule has 5 radical (unpaired) electrons. The number of nitrogens with zero attached hydrogens (tertiary/aromatic N) is 1. The molecule has 0 aromatic heterocycles. The third-order valence-corrected chi connectivity index (χ3v) is 6.87. The molecule has 1 fully saturated rings. The van der Waals surface area contributed by atoms with Crippen LogP contribution in [0, 0.1) is 29.2 Å². The van der Waals surface area contributed by atoms with Gasteiger partial charge in [-0.2, -0.15) is 0 Å². The van der Waals surface area contributed by atoms with E-state index in [1.54, 1.807) is 5.54 Å². The van der Waals surface area contributed by atoms with E-state index in [9.17, 15) is 0 Å². The molecule has 1 aliphatic carbocycles. The molecular formula is C15H27Cl2NSiZr-. The molecule has 20 heavy (non-hydrogen) atoms. The van der Waals surface area contributed by atoms with E-state index in [2.05, 4.69) is 61.6 Å². The Bertz CT molecular complexity index is 280. The van der Waals surface area contributed by atoms with Crippen LogP contribution in [-0.2, 0) is 20.8 Å². The number of rotatable bonds is 2. The standard InChI is InChI=1S/C15H27NSi.2ClH.Zr/c1-10-11(2)13(4)14(12(10)3)17(8,9)16-15(5,6)7;;;/h1-9H3;2*1H;/q-1;;;+2/p-2. The van der Waals surface area contributed by atoms with Gasteiger partial charge < -0.3 is 4.98 Å². The van der Waals surface area contributed by atoms with E-state index >= 15 is 0 Å².